The van der Waals surface area contributed by atoms with E-state index in [0.29, 0.717) is 5.82 Å². The molecule has 1 fully saturated rings. The zero-order chi connectivity index (χ0) is 15.1. The minimum Gasteiger partial charge on any atom is -0.382 e. The second-order valence-corrected chi connectivity index (χ2v) is 6.77. The highest BCUT2D eigenvalue weighted by atomic mass is 32.1. The average Bonchev–Trinajstić information content (AvgIpc) is 3.09. The van der Waals surface area contributed by atoms with Crippen molar-refractivity contribution >= 4 is 27.2 Å². The van der Waals surface area contributed by atoms with E-state index in [1.54, 1.807) is 15.9 Å². The van der Waals surface area contributed by atoms with Crippen molar-refractivity contribution in [1.29, 1.82) is 0 Å². The Balaban J connectivity index is 1.72. The van der Waals surface area contributed by atoms with Gasteiger partial charge in [0.2, 0.25) is 10.1 Å². The van der Waals surface area contributed by atoms with Crippen molar-refractivity contribution in [3.05, 3.63) is 29.8 Å². The third kappa shape index (κ3) is 2.23. The topological polar surface area (TPSA) is 59.5 Å². The SMILES string of the molecule is Cc1ccc(-c2nc3sc(N4CCCCC4)nn3c2N)cc1. The molecule has 0 radical (unpaired) electrons. The molecule has 0 amide bonds. The van der Waals surface area contributed by atoms with E-state index in [9.17, 15) is 0 Å². The highest BCUT2D eigenvalue weighted by Gasteiger charge is 2.19. The lowest BCUT2D eigenvalue weighted by atomic mass is 10.1. The number of aromatic nitrogens is 3. The van der Waals surface area contributed by atoms with Crippen LogP contribution in [0.3, 0.4) is 0 Å². The summed E-state index contributed by atoms with van der Waals surface area (Å²) < 4.78 is 1.78. The maximum Gasteiger partial charge on any atom is 0.216 e. The van der Waals surface area contributed by atoms with E-state index < -0.39 is 0 Å². The van der Waals surface area contributed by atoms with Crippen LogP contribution >= 0.6 is 11.3 Å². The Hall–Kier alpha value is -2.08. The van der Waals surface area contributed by atoms with Gasteiger partial charge in [-0.15, -0.1) is 5.10 Å². The Bertz CT molecular complexity index is 796. The molecule has 5 nitrogen and oxygen atoms in total. The first kappa shape index (κ1) is 13.6. The first-order valence-electron chi connectivity index (χ1n) is 7.69. The zero-order valence-electron chi connectivity index (χ0n) is 12.6. The van der Waals surface area contributed by atoms with Gasteiger partial charge in [-0.25, -0.2) is 4.98 Å². The van der Waals surface area contributed by atoms with Crippen molar-refractivity contribution < 1.29 is 0 Å². The summed E-state index contributed by atoms with van der Waals surface area (Å²) in [4.78, 5) is 7.91. The summed E-state index contributed by atoms with van der Waals surface area (Å²) in [5, 5.41) is 5.71. The number of rotatable bonds is 2. The predicted octanol–water partition coefficient (Wildman–Crippen LogP) is 3.34. The number of anilines is 2. The molecule has 0 aliphatic carbocycles. The van der Waals surface area contributed by atoms with Crippen molar-refractivity contribution in [3.63, 3.8) is 0 Å². The lowest BCUT2D eigenvalue weighted by Crippen LogP contribution is -2.29. The smallest absolute Gasteiger partial charge is 0.216 e. The van der Waals surface area contributed by atoms with Crippen LogP contribution in [0.25, 0.3) is 16.2 Å². The summed E-state index contributed by atoms with van der Waals surface area (Å²) in [6.07, 6.45) is 3.80. The maximum atomic E-state index is 6.28. The van der Waals surface area contributed by atoms with Gasteiger partial charge in [-0.05, 0) is 26.2 Å². The van der Waals surface area contributed by atoms with Gasteiger partial charge in [-0.3, -0.25) is 0 Å². The summed E-state index contributed by atoms with van der Waals surface area (Å²) >= 11 is 1.62. The van der Waals surface area contributed by atoms with Crippen molar-refractivity contribution in [1.82, 2.24) is 14.6 Å². The molecule has 0 spiro atoms. The second-order valence-electron chi connectivity index (χ2n) is 5.84. The molecule has 6 heteroatoms. The van der Waals surface area contributed by atoms with Crippen LogP contribution in [0.2, 0.25) is 0 Å². The van der Waals surface area contributed by atoms with Gasteiger partial charge >= 0.3 is 0 Å². The Kier molecular flexibility index (Phi) is 3.26. The van der Waals surface area contributed by atoms with Gasteiger partial charge in [0.25, 0.3) is 0 Å². The van der Waals surface area contributed by atoms with Crippen LogP contribution in [0.5, 0.6) is 0 Å². The van der Waals surface area contributed by atoms with E-state index >= 15 is 0 Å². The highest BCUT2D eigenvalue weighted by molar-refractivity contribution is 7.20. The van der Waals surface area contributed by atoms with E-state index in [1.807, 2.05) is 0 Å². The molecule has 3 heterocycles. The van der Waals surface area contributed by atoms with Crippen LogP contribution in [-0.4, -0.2) is 27.7 Å². The molecule has 0 atom stereocenters. The molecule has 4 rings (SSSR count). The van der Waals surface area contributed by atoms with Gasteiger partial charge in [0.1, 0.15) is 5.69 Å². The fourth-order valence-corrected chi connectivity index (χ4v) is 3.85. The molecular formula is C16H19N5S. The Morgan fingerprint density at radius 1 is 1.09 bits per heavy atom. The second kappa shape index (κ2) is 5.28. The zero-order valence-corrected chi connectivity index (χ0v) is 13.4. The summed E-state index contributed by atoms with van der Waals surface area (Å²) in [5.74, 6) is 0.623. The number of nitrogens with two attached hydrogens (primary N) is 1. The molecule has 1 aliphatic heterocycles. The third-order valence-corrected chi connectivity index (χ3v) is 5.15. The van der Waals surface area contributed by atoms with E-state index in [0.717, 1.165) is 34.4 Å². The molecule has 0 saturated carbocycles. The van der Waals surface area contributed by atoms with Gasteiger partial charge in [0.05, 0.1) is 0 Å². The van der Waals surface area contributed by atoms with Crippen LogP contribution in [-0.2, 0) is 0 Å². The molecule has 0 bridgehead atoms. The Labute approximate surface area is 133 Å². The molecule has 1 aromatic carbocycles. The number of nitrogen functional groups attached to an aromatic ring is 1. The lowest BCUT2D eigenvalue weighted by Gasteiger charge is -2.25. The molecule has 1 aliphatic rings. The third-order valence-electron chi connectivity index (χ3n) is 4.18. The molecule has 2 aromatic heterocycles. The molecule has 0 unspecified atom stereocenters. The molecule has 114 valence electrons. The Morgan fingerprint density at radius 2 is 1.82 bits per heavy atom. The summed E-state index contributed by atoms with van der Waals surface area (Å²) in [5.41, 5.74) is 9.37. The van der Waals surface area contributed by atoms with E-state index in [-0.39, 0.29) is 0 Å². The molecule has 22 heavy (non-hydrogen) atoms. The molecular weight excluding hydrogens is 294 g/mol. The first-order chi connectivity index (χ1) is 10.7. The molecule has 1 saturated heterocycles. The number of piperidine rings is 1. The van der Waals surface area contributed by atoms with Crippen LogP contribution in [0.1, 0.15) is 24.8 Å². The minimum absolute atomic E-state index is 0.623. The largest absolute Gasteiger partial charge is 0.382 e. The van der Waals surface area contributed by atoms with Crippen molar-refractivity contribution in [2.75, 3.05) is 23.7 Å². The Morgan fingerprint density at radius 3 is 2.50 bits per heavy atom. The monoisotopic (exact) mass is 313 g/mol. The van der Waals surface area contributed by atoms with Crippen LogP contribution < -0.4 is 10.6 Å². The number of imidazole rings is 1. The summed E-state index contributed by atoms with van der Waals surface area (Å²) in [6, 6.07) is 8.27. The van der Waals surface area contributed by atoms with Crippen molar-refractivity contribution in [2.24, 2.45) is 0 Å². The number of fused-ring (bicyclic) bond motifs is 1. The van der Waals surface area contributed by atoms with Crippen LogP contribution in [0.4, 0.5) is 10.9 Å². The predicted molar refractivity (Wildman–Crippen MR) is 91.5 cm³/mol. The quantitative estimate of drug-likeness (QED) is 0.788. The highest BCUT2D eigenvalue weighted by Crippen LogP contribution is 2.32. The number of hydrogen-bond acceptors (Lipinski definition) is 5. The molecule has 2 N–H and O–H groups in total. The maximum absolute atomic E-state index is 6.28. The molecule has 3 aromatic rings. The van der Waals surface area contributed by atoms with Crippen LogP contribution in [0, 0.1) is 6.92 Å². The van der Waals surface area contributed by atoms with E-state index in [4.69, 9.17) is 10.7 Å². The fourth-order valence-electron chi connectivity index (χ4n) is 2.89. The summed E-state index contributed by atoms with van der Waals surface area (Å²) in [7, 11) is 0. The van der Waals surface area contributed by atoms with Crippen LogP contribution in [0.15, 0.2) is 24.3 Å². The van der Waals surface area contributed by atoms with Crippen molar-refractivity contribution in [2.45, 2.75) is 26.2 Å². The van der Waals surface area contributed by atoms with E-state index in [2.05, 4.69) is 41.2 Å². The van der Waals surface area contributed by atoms with Gasteiger partial charge < -0.3 is 10.6 Å². The first-order valence-corrected chi connectivity index (χ1v) is 8.51. The average molecular weight is 313 g/mol. The normalized spacial score (nSPS) is 15.6. The van der Waals surface area contributed by atoms with Gasteiger partial charge in [0.15, 0.2) is 5.82 Å². The number of aryl methyl sites for hydroxylation is 1. The van der Waals surface area contributed by atoms with Gasteiger partial charge in [-0.1, -0.05) is 41.2 Å². The van der Waals surface area contributed by atoms with E-state index in [1.165, 1.54) is 24.8 Å². The minimum atomic E-state index is 0.623. The number of nitrogens with zero attached hydrogens (tertiary/aromatic N) is 4. The lowest BCUT2D eigenvalue weighted by molar-refractivity contribution is 0.574. The van der Waals surface area contributed by atoms with Crippen molar-refractivity contribution in [3.8, 4) is 11.3 Å². The number of hydrogen-bond donors (Lipinski definition) is 1. The van der Waals surface area contributed by atoms with Gasteiger partial charge in [-0.2, -0.15) is 4.52 Å². The van der Waals surface area contributed by atoms with Gasteiger partial charge in [0, 0.05) is 18.7 Å². The number of benzene rings is 1. The standard InChI is InChI=1S/C16H19N5S/c1-11-5-7-12(8-6-11)13-14(17)21-15(18-13)22-16(19-21)20-9-3-2-4-10-20/h5-8H,2-4,9-10,17H2,1H3. The fraction of sp³-hybridized carbons (Fsp3) is 0.375. The summed E-state index contributed by atoms with van der Waals surface area (Å²) in [6.45, 7) is 4.24.